The highest BCUT2D eigenvalue weighted by Gasteiger charge is 2.54. The van der Waals surface area contributed by atoms with Gasteiger partial charge in [-0.3, -0.25) is 4.79 Å². The molecule has 204 valence electrons. The molecule has 1 N–H and O–H groups in total. The number of aliphatic hydroxyl groups excluding tert-OH is 1. The Morgan fingerprint density at radius 1 is 1.00 bits per heavy atom. The van der Waals surface area contributed by atoms with E-state index >= 15 is 0 Å². The molecule has 2 aliphatic carbocycles. The van der Waals surface area contributed by atoms with Crippen LogP contribution in [-0.4, -0.2) is 38.4 Å². The summed E-state index contributed by atoms with van der Waals surface area (Å²) in [5.74, 6) is 0.133. The van der Waals surface area contributed by atoms with Crippen LogP contribution >= 0.6 is 0 Å². The molecular weight excluding hydrogens is 492 g/mol. The molecule has 4 heteroatoms. The summed E-state index contributed by atoms with van der Waals surface area (Å²) in [6, 6.07) is 21.5. The number of para-hydroxylation sites is 1. The van der Waals surface area contributed by atoms with Crippen molar-refractivity contribution in [1.29, 1.82) is 0 Å². The molecule has 2 atom stereocenters. The van der Waals surface area contributed by atoms with Crippen molar-refractivity contribution in [3.8, 4) is 0 Å². The summed E-state index contributed by atoms with van der Waals surface area (Å²) < 4.78 is 4.57. The fourth-order valence-electron chi connectivity index (χ4n) is 7.80. The number of hydrogen-bond acceptors (Lipinski definition) is 2. The van der Waals surface area contributed by atoms with E-state index in [9.17, 15) is 9.90 Å². The highest BCUT2D eigenvalue weighted by atomic mass is 16.3. The summed E-state index contributed by atoms with van der Waals surface area (Å²) in [4.78, 5) is 13.9. The first-order valence-electron chi connectivity index (χ1n) is 15.1. The third-order valence-electron chi connectivity index (χ3n) is 9.85. The number of fused-ring (bicyclic) bond motifs is 5. The molecule has 4 nitrogen and oxygen atoms in total. The number of rotatable bonds is 5. The standard InChI is InChI=1S/C36H39N2O2/c1-23(2)17-20-38-30-16-15-24-11-5-6-12-25(24)33(30)36(18-9-4-10-19-36)31(38)21-27-34(39)32(35(27)40)28-22-37(3)29-14-8-7-13-26(28)29/h5-8,11-16,21-23,32,34,39H,4,9-10,17-20H2,1-3H3/q+1. The van der Waals surface area contributed by atoms with Gasteiger partial charge in [0.05, 0.1) is 17.4 Å². The summed E-state index contributed by atoms with van der Waals surface area (Å²) in [5.41, 5.74) is 6.43. The molecule has 2 unspecified atom stereocenters. The first kappa shape index (κ1) is 25.5. The third kappa shape index (κ3) is 3.69. The van der Waals surface area contributed by atoms with Crippen molar-refractivity contribution < 1.29 is 14.5 Å². The number of carbonyl (C=O) groups excluding carboxylic acids is 1. The molecule has 40 heavy (non-hydrogen) atoms. The molecule has 2 fully saturated rings. The predicted octanol–water partition coefficient (Wildman–Crippen LogP) is 7.33. The van der Waals surface area contributed by atoms with Crippen molar-refractivity contribution in [3.63, 3.8) is 0 Å². The van der Waals surface area contributed by atoms with Gasteiger partial charge in [0, 0.05) is 53.8 Å². The summed E-state index contributed by atoms with van der Waals surface area (Å²) in [6.07, 6.45) is 10.2. The molecule has 0 saturated heterocycles. The molecule has 0 bridgehead atoms. The Morgan fingerprint density at radius 2 is 1.73 bits per heavy atom. The van der Waals surface area contributed by atoms with Gasteiger partial charge in [0.25, 0.3) is 0 Å². The summed E-state index contributed by atoms with van der Waals surface area (Å²) in [5, 5.41) is 15.2. The van der Waals surface area contributed by atoms with E-state index in [0.717, 1.165) is 42.3 Å². The SMILES string of the molecule is CC(C)CC[N+]1=C(C=C2C(=O)C(c3cn(C)c4ccccc34)C2O)C2(CCCCC2)c2c1ccc1ccccc21. The maximum absolute atomic E-state index is 13.9. The largest absolute Gasteiger partial charge is 0.387 e. The smallest absolute Gasteiger partial charge is 0.210 e. The number of allylic oxidation sites excluding steroid dienone is 1. The summed E-state index contributed by atoms with van der Waals surface area (Å²) >= 11 is 0. The lowest BCUT2D eigenvalue weighted by atomic mass is 9.64. The van der Waals surface area contributed by atoms with Crippen LogP contribution in [0.4, 0.5) is 5.69 Å². The minimum atomic E-state index is -0.793. The Balaban J connectivity index is 1.37. The lowest BCUT2D eigenvalue weighted by molar-refractivity contribution is -0.439. The lowest BCUT2D eigenvalue weighted by Crippen LogP contribution is -2.45. The molecule has 0 amide bonds. The number of carbonyl (C=O) groups is 1. The van der Waals surface area contributed by atoms with Crippen molar-refractivity contribution in [3.05, 3.63) is 89.6 Å². The summed E-state index contributed by atoms with van der Waals surface area (Å²) in [7, 11) is 2.01. The third-order valence-corrected chi connectivity index (χ3v) is 9.85. The van der Waals surface area contributed by atoms with Crippen molar-refractivity contribution in [2.45, 2.75) is 69.8 Å². The number of aryl methyl sites for hydroxylation is 1. The van der Waals surface area contributed by atoms with Crippen LogP contribution in [0.1, 0.15) is 69.4 Å². The fraction of sp³-hybridized carbons (Fsp3) is 0.389. The van der Waals surface area contributed by atoms with Crippen LogP contribution in [0, 0.1) is 5.92 Å². The molecule has 7 rings (SSSR count). The lowest BCUT2D eigenvalue weighted by Gasteiger charge is -2.36. The van der Waals surface area contributed by atoms with E-state index in [0.29, 0.717) is 11.5 Å². The molecule has 2 heterocycles. The number of benzene rings is 3. The second-order valence-electron chi connectivity index (χ2n) is 12.6. The van der Waals surface area contributed by atoms with Crippen LogP contribution in [0.5, 0.6) is 0 Å². The Bertz CT molecular complexity index is 1710. The number of aromatic nitrogens is 1. The van der Waals surface area contributed by atoms with Gasteiger partial charge in [-0.25, -0.2) is 0 Å². The van der Waals surface area contributed by atoms with Crippen LogP contribution in [0.2, 0.25) is 0 Å². The van der Waals surface area contributed by atoms with Gasteiger partial charge < -0.3 is 9.67 Å². The monoisotopic (exact) mass is 531 g/mol. The molecule has 0 radical (unpaired) electrons. The maximum Gasteiger partial charge on any atom is 0.210 e. The highest BCUT2D eigenvalue weighted by molar-refractivity contribution is 6.17. The Labute approximate surface area is 236 Å². The average Bonchev–Trinajstić information content (AvgIpc) is 3.42. The van der Waals surface area contributed by atoms with Crippen molar-refractivity contribution in [2.75, 3.05) is 6.54 Å². The van der Waals surface area contributed by atoms with Gasteiger partial charge in [-0.2, -0.15) is 4.58 Å². The minimum Gasteiger partial charge on any atom is -0.387 e. The molecule has 1 spiro atoms. The Kier molecular flexibility index (Phi) is 6.08. The van der Waals surface area contributed by atoms with E-state index in [-0.39, 0.29) is 11.2 Å². The topological polar surface area (TPSA) is 45.2 Å². The van der Waals surface area contributed by atoms with Crippen LogP contribution in [0.3, 0.4) is 0 Å². The average molecular weight is 532 g/mol. The van der Waals surface area contributed by atoms with Crippen LogP contribution in [0.15, 0.2) is 78.5 Å². The zero-order valence-electron chi connectivity index (χ0n) is 23.9. The van der Waals surface area contributed by atoms with Gasteiger partial charge in [0.15, 0.2) is 11.5 Å². The first-order valence-corrected chi connectivity index (χ1v) is 15.1. The van der Waals surface area contributed by atoms with E-state index in [1.807, 2.05) is 25.4 Å². The number of nitrogens with zero attached hydrogens (tertiary/aromatic N) is 2. The van der Waals surface area contributed by atoms with Crippen molar-refractivity contribution in [2.24, 2.45) is 13.0 Å². The number of hydrogen-bond donors (Lipinski definition) is 1. The van der Waals surface area contributed by atoms with Gasteiger partial charge in [0.2, 0.25) is 5.69 Å². The molecule has 4 aromatic rings. The van der Waals surface area contributed by atoms with Gasteiger partial charge in [-0.05, 0) is 47.2 Å². The Hall–Kier alpha value is -3.50. The highest BCUT2D eigenvalue weighted by Crippen LogP contribution is 2.53. The van der Waals surface area contributed by atoms with Crippen LogP contribution < -0.4 is 0 Å². The first-order chi connectivity index (χ1) is 19.4. The van der Waals surface area contributed by atoms with E-state index in [2.05, 4.69) is 77.6 Å². The number of aliphatic hydroxyl groups is 1. The summed E-state index contributed by atoms with van der Waals surface area (Å²) in [6.45, 7) is 5.47. The Morgan fingerprint density at radius 3 is 2.48 bits per heavy atom. The van der Waals surface area contributed by atoms with E-state index in [1.165, 1.54) is 47.0 Å². The van der Waals surface area contributed by atoms with Gasteiger partial charge in [-0.1, -0.05) is 75.6 Å². The van der Waals surface area contributed by atoms with Gasteiger partial charge in [0.1, 0.15) is 6.54 Å². The molecule has 3 aliphatic rings. The predicted molar refractivity (Wildman–Crippen MR) is 163 cm³/mol. The molecule has 1 aromatic heterocycles. The van der Waals surface area contributed by atoms with Crippen molar-refractivity contribution >= 4 is 38.9 Å². The van der Waals surface area contributed by atoms with E-state index in [4.69, 9.17) is 0 Å². The van der Waals surface area contributed by atoms with Gasteiger partial charge >= 0.3 is 0 Å². The van der Waals surface area contributed by atoms with Crippen molar-refractivity contribution in [1.82, 2.24) is 4.57 Å². The maximum atomic E-state index is 13.9. The normalized spacial score (nSPS) is 23.1. The molecule has 1 aliphatic heterocycles. The fourth-order valence-corrected chi connectivity index (χ4v) is 7.80. The minimum absolute atomic E-state index is 0.0620. The molecule has 2 saturated carbocycles. The van der Waals surface area contributed by atoms with Gasteiger partial charge in [-0.15, -0.1) is 0 Å². The second-order valence-corrected chi connectivity index (χ2v) is 12.6. The number of Topliss-reactive ketones (excluding diaryl/α,β-unsaturated/α-hetero) is 1. The molecule has 3 aromatic carbocycles. The van der Waals surface area contributed by atoms with Crippen LogP contribution in [-0.2, 0) is 17.3 Å². The zero-order chi connectivity index (χ0) is 27.6. The van der Waals surface area contributed by atoms with E-state index in [1.54, 1.807) is 0 Å². The van der Waals surface area contributed by atoms with E-state index < -0.39 is 12.0 Å². The van der Waals surface area contributed by atoms with Crippen LogP contribution in [0.25, 0.3) is 21.7 Å². The second kappa shape index (κ2) is 9.55. The quantitative estimate of drug-likeness (QED) is 0.216. The number of ketones is 1. The molecular formula is C36H39N2O2+. The zero-order valence-corrected chi connectivity index (χ0v) is 23.9.